The smallest absolute Gasteiger partial charge is 0.0995 e. The van der Waals surface area contributed by atoms with Crippen LogP contribution in [0.25, 0.3) is 0 Å². The van der Waals surface area contributed by atoms with Crippen molar-refractivity contribution in [2.24, 2.45) is 0 Å². The highest BCUT2D eigenvalue weighted by atomic mass is 32.2. The zero-order valence-electron chi connectivity index (χ0n) is 6.69. The number of rotatable bonds is 2. The molecule has 1 aromatic rings. The highest BCUT2D eigenvalue weighted by Crippen LogP contribution is 2.13. The molecule has 0 aliphatic rings. The van der Waals surface area contributed by atoms with Crippen LogP contribution < -0.4 is 5.73 Å². The molecule has 0 aliphatic heterocycles. The van der Waals surface area contributed by atoms with E-state index in [1.165, 1.54) is 6.07 Å². The van der Waals surface area contributed by atoms with Crippen LogP contribution in [0.4, 0.5) is 5.69 Å². The van der Waals surface area contributed by atoms with E-state index in [1.54, 1.807) is 12.1 Å². The minimum absolute atomic E-state index is 0.150. The Balaban J connectivity index is 3.08. The Labute approximate surface area is 78.3 Å². The number of nitrogens with zero attached hydrogens (tertiary/aromatic N) is 1. The Kier molecular flexibility index (Phi) is 3.01. The van der Waals surface area contributed by atoms with Crippen molar-refractivity contribution in [3.8, 4) is 6.07 Å². The van der Waals surface area contributed by atoms with E-state index in [0.717, 1.165) is 0 Å². The van der Waals surface area contributed by atoms with E-state index < -0.39 is 11.1 Å². The van der Waals surface area contributed by atoms with Crippen molar-refractivity contribution in [1.82, 2.24) is 0 Å². The molecule has 0 saturated heterocycles. The van der Waals surface area contributed by atoms with Gasteiger partial charge in [-0.1, -0.05) is 17.1 Å². The molecule has 4 nitrogen and oxygen atoms in total. The summed E-state index contributed by atoms with van der Waals surface area (Å²) in [6.07, 6.45) is 0. The van der Waals surface area contributed by atoms with Crippen molar-refractivity contribution in [3.63, 3.8) is 0 Å². The summed E-state index contributed by atoms with van der Waals surface area (Å²) in [5, 5.41) is 8.65. The molecule has 68 valence electrons. The molecule has 0 heterocycles. The predicted octanol–water partition coefficient (Wildman–Crippen LogP) is 0.520. The average molecular weight is 195 g/mol. The van der Waals surface area contributed by atoms with E-state index in [9.17, 15) is 8.76 Å². The quantitative estimate of drug-likeness (QED) is 0.550. The Bertz CT molecular complexity index is 384. The van der Waals surface area contributed by atoms with E-state index >= 15 is 0 Å². The Hall–Kier alpha value is -1.38. The lowest BCUT2D eigenvalue weighted by Crippen LogP contribution is -1.97. The second-order valence-corrected chi connectivity index (χ2v) is 3.37. The van der Waals surface area contributed by atoms with Crippen LogP contribution in [0.15, 0.2) is 18.2 Å². The molecule has 1 atom stereocenters. The molecule has 1 unspecified atom stereocenters. The Morgan fingerprint density at radius 1 is 1.62 bits per heavy atom. The van der Waals surface area contributed by atoms with Gasteiger partial charge in [-0.05, 0) is 17.7 Å². The summed E-state index contributed by atoms with van der Waals surface area (Å²) in [6, 6.07) is 6.47. The van der Waals surface area contributed by atoms with Gasteiger partial charge in [0.15, 0.2) is 0 Å². The highest BCUT2D eigenvalue weighted by Gasteiger charge is 2.01. The molecule has 1 rings (SSSR count). The molecule has 0 aromatic heterocycles. The summed E-state index contributed by atoms with van der Waals surface area (Å²) in [4.78, 5) is 0. The first-order valence-electron chi connectivity index (χ1n) is 3.48. The number of nitrogens with two attached hydrogens (primary N) is 1. The van der Waals surface area contributed by atoms with Gasteiger partial charge in [-0.25, -0.2) is 0 Å². The van der Waals surface area contributed by atoms with Crippen LogP contribution >= 0.6 is 0 Å². The minimum Gasteiger partial charge on any atom is -0.772 e. The van der Waals surface area contributed by atoms with Crippen molar-refractivity contribution in [3.05, 3.63) is 29.3 Å². The number of nitriles is 1. The summed E-state index contributed by atoms with van der Waals surface area (Å²) in [7, 11) is 0. The molecule has 0 aliphatic carbocycles. The van der Waals surface area contributed by atoms with Gasteiger partial charge in [0.1, 0.15) is 0 Å². The molecule has 0 saturated carbocycles. The lowest BCUT2D eigenvalue weighted by molar-refractivity contribution is 0.536. The average Bonchev–Trinajstić information content (AvgIpc) is 2.07. The van der Waals surface area contributed by atoms with Gasteiger partial charge in [-0.3, -0.25) is 4.21 Å². The van der Waals surface area contributed by atoms with E-state index in [4.69, 9.17) is 11.0 Å². The molecule has 0 amide bonds. The molecule has 0 spiro atoms. The van der Waals surface area contributed by atoms with Crippen molar-refractivity contribution in [2.45, 2.75) is 5.75 Å². The second-order valence-electron chi connectivity index (χ2n) is 2.48. The monoisotopic (exact) mass is 195 g/mol. The molecular formula is C8H7N2O2S-. The maximum absolute atomic E-state index is 10.4. The molecule has 0 radical (unpaired) electrons. The lowest BCUT2D eigenvalue weighted by Gasteiger charge is -2.06. The summed E-state index contributed by atoms with van der Waals surface area (Å²) in [6.45, 7) is 0. The molecule has 0 bridgehead atoms. The van der Waals surface area contributed by atoms with E-state index in [0.29, 0.717) is 16.8 Å². The van der Waals surface area contributed by atoms with Crippen LogP contribution in [-0.4, -0.2) is 8.76 Å². The summed E-state index contributed by atoms with van der Waals surface area (Å²) < 4.78 is 20.8. The molecule has 13 heavy (non-hydrogen) atoms. The largest absolute Gasteiger partial charge is 0.772 e. The minimum atomic E-state index is -2.18. The topological polar surface area (TPSA) is 89.9 Å². The molecule has 0 fully saturated rings. The fraction of sp³-hybridized carbons (Fsp3) is 0.125. The zero-order valence-corrected chi connectivity index (χ0v) is 7.50. The molecule has 2 N–H and O–H groups in total. The SMILES string of the molecule is N#Cc1cc(N)ccc1CS(=O)[O-]. The number of hydrogen-bond acceptors (Lipinski definition) is 4. The van der Waals surface area contributed by atoms with E-state index in [2.05, 4.69) is 0 Å². The molecule has 1 aromatic carbocycles. The van der Waals surface area contributed by atoms with Crippen LogP contribution in [0.1, 0.15) is 11.1 Å². The van der Waals surface area contributed by atoms with Gasteiger partial charge in [-0.15, -0.1) is 0 Å². The zero-order chi connectivity index (χ0) is 9.84. The van der Waals surface area contributed by atoms with Gasteiger partial charge >= 0.3 is 0 Å². The molecule has 5 heteroatoms. The third-order valence-corrected chi connectivity index (χ3v) is 2.07. The van der Waals surface area contributed by atoms with Crippen LogP contribution in [0.3, 0.4) is 0 Å². The van der Waals surface area contributed by atoms with Crippen molar-refractivity contribution >= 4 is 16.8 Å². The second kappa shape index (κ2) is 4.03. The van der Waals surface area contributed by atoms with Crippen LogP contribution in [0, 0.1) is 11.3 Å². The number of anilines is 1. The van der Waals surface area contributed by atoms with Gasteiger partial charge in [0.2, 0.25) is 0 Å². The number of benzene rings is 1. The first-order chi connectivity index (χ1) is 6.13. The Morgan fingerprint density at radius 2 is 2.31 bits per heavy atom. The maximum atomic E-state index is 10.4. The van der Waals surface area contributed by atoms with Gasteiger partial charge < -0.3 is 10.3 Å². The number of nitrogen functional groups attached to an aromatic ring is 1. The van der Waals surface area contributed by atoms with Gasteiger partial charge in [0.05, 0.1) is 11.6 Å². The van der Waals surface area contributed by atoms with Crippen LogP contribution in [-0.2, 0) is 16.8 Å². The fourth-order valence-corrected chi connectivity index (χ4v) is 1.46. The van der Waals surface area contributed by atoms with Crippen molar-refractivity contribution < 1.29 is 8.76 Å². The fourth-order valence-electron chi connectivity index (χ4n) is 0.951. The van der Waals surface area contributed by atoms with Gasteiger partial charge in [0.25, 0.3) is 0 Å². The van der Waals surface area contributed by atoms with Gasteiger partial charge in [0, 0.05) is 11.4 Å². The third-order valence-electron chi connectivity index (χ3n) is 1.53. The van der Waals surface area contributed by atoms with Crippen LogP contribution in [0.2, 0.25) is 0 Å². The first-order valence-corrected chi connectivity index (χ1v) is 4.72. The summed E-state index contributed by atoms with van der Waals surface area (Å²) >= 11 is -2.18. The number of hydrogen-bond donors (Lipinski definition) is 1. The summed E-state index contributed by atoms with van der Waals surface area (Å²) in [5.74, 6) is -0.150. The van der Waals surface area contributed by atoms with Gasteiger partial charge in [-0.2, -0.15) is 5.26 Å². The standard InChI is InChI=1S/C8H8N2O2S/c9-4-7-3-8(10)2-1-6(7)5-13(11)12/h1-3H,5,10H2,(H,11,12)/p-1. The van der Waals surface area contributed by atoms with Crippen molar-refractivity contribution in [1.29, 1.82) is 5.26 Å². The third kappa shape index (κ3) is 2.54. The lowest BCUT2D eigenvalue weighted by atomic mass is 10.1. The predicted molar refractivity (Wildman–Crippen MR) is 48.2 cm³/mol. The molecular weight excluding hydrogens is 188 g/mol. The van der Waals surface area contributed by atoms with E-state index in [1.807, 2.05) is 6.07 Å². The highest BCUT2D eigenvalue weighted by molar-refractivity contribution is 7.78. The summed E-state index contributed by atoms with van der Waals surface area (Å²) in [5.41, 5.74) is 6.67. The first kappa shape index (κ1) is 9.71. The Morgan fingerprint density at radius 3 is 2.85 bits per heavy atom. The maximum Gasteiger partial charge on any atom is 0.0995 e. The van der Waals surface area contributed by atoms with Crippen LogP contribution in [0.5, 0.6) is 0 Å². The van der Waals surface area contributed by atoms with Crippen molar-refractivity contribution in [2.75, 3.05) is 5.73 Å². The van der Waals surface area contributed by atoms with E-state index in [-0.39, 0.29) is 5.75 Å². The normalized spacial score (nSPS) is 12.0.